The topological polar surface area (TPSA) is 67.2 Å². The summed E-state index contributed by atoms with van der Waals surface area (Å²) >= 11 is 0. The van der Waals surface area contributed by atoms with Crippen LogP contribution < -0.4 is 5.32 Å². The number of nitrogens with zero attached hydrogens (tertiary/aromatic N) is 2. The Kier molecular flexibility index (Phi) is 5.33. The fourth-order valence-corrected chi connectivity index (χ4v) is 5.72. The second-order valence-corrected chi connectivity index (χ2v) is 9.62. The first-order chi connectivity index (χ1) is 16.7. The van der Waals surface area contributed by atoms with Crippen molar-refractivity contribution in [1.82, 2.24) is 9.55 Å². The number of hydrogen-bond acceptors (Lipinski definition) is 3. The van der Waals surface area contributed by atoms with Crippen molar-refractivity contribution >= 4 is 22.7 Å². The molecule has 1 saturated carbocycles. The molecular weight excluding hydrogens is 422 g/mol. The molecule has 1 atom stereocenters. The molecule has 6 rings (SSSR count). The van der Waals surface area contributed by atoms with Crippen LogP contribution in [-0.4, -0.2) is 20.6 Å². The fraction of sp³-hybridized carbons (Fsp3) is 0.310. The second kappa shape index (κ2) is 8.64. The summed E-state index contributed by atoms with van der Waals surface area (Å²) in [6.45, 7) is 0. The fourth-order valence-electron chi connectivity index (χ4n) is 5.72. The molecule has 0 amide bonds. The van der Waals surface area contributed by atoms with Crippen molar-refractivity contribution < 1.29 is 9.90 Å². The van der Waals surface area contributed by atoms with Gasteiger partial charge in [-0.2, -0.15) is 0 Å². The minimum atomic E-state index is -0.913. The van der Waals surface area contributed by atoms with Gasteiger partial charge in [0.25, 0.3) is 0 Å². The molecule has 0 spiro atoms. The molecule has 1 aliphatic heterocycles. The minimum absolute atomic E-state index is 0.286. The normalized spacial score (nSPS) is 18.4. The van der Waals surface area contributed by atoms with Crippen molar-refractivity contribution in [2.75, 3.05) is 5.32 Å². The number of aromatic carboxylic acids is 1. The Morgan fingerprint density at radius 1 is 0.941 bits per heavy atom. The maximum atomic E-state index is 11.6. The number of nitrogens with one attached hydrogen (secondary N) is 1. The highest BCUT2D eigenvalue weighted by Crippen LogP contribution is 2.39. The summed E-state index contributed by atoms with van der Waals surface area (Å²) in [5, 5.41) is 13.2. The Balaban J connectivity index is 1.40. The van der Waals surface area contributed by atoms with Crippen LogP contribution in [0, 0.1) is 0 Å². The third-order valence-electron chi connectivity index (χ3n) is 7.47. The van der Waals surface area contributed by atoms with Crippen LogP contribution in [0.2, 0.25) is 0 Å². The van der Waals surface area contributed by atoms with Gasteiger partial charge in [0.05, 0.1) is 22.6 Å². The van der Waals surface area contributed by atoms with E-state index in [1.54, 1.807) is 12.1 Å². The van der Waals surface area contributed by atoms with E-state index in [0.717, 1.165) is 48.1 Å². The number of carboxylic acids is 1. The molecule has 1 aromatic heterocycles. The van der Waals surface area contributed by atoms with E-state index in [4.69, 9.17) is 4.98 Å². The van der Waals surface area contributed by atoms with Crippen molar-refractivity contribution in [2.24, 2.45) is 0 Å². The second-order valence-electron chi connectivity index (χ2n) is 9.62. The van der Waals surface area contributed by atoms with Gasteiger partial charge in [0.15, 0.2) is 0 Å². The molecule has 1 aliphatic carbocycles. The van der Waals surface area contributed by atoms with Crippen LogP contribution in [-0.2, 0) is 6.42 Å². The van der Waals surface area contributed by atoms with Gasteiger partial charge in [0.2, 0.25) is 0 Å². The highest BCUT2D eigenvalue weighted by Gasteiger charge is 2.25. The Morgan fingerprint density at radius 2 is 1.76 bits per heavy atom. The van der Waals surface area contributed by atoms with Gasteiger partial charge in [-0.15, -0.1) is 0 Å². The standard InChI is InChI=1S/C29H29N3O2/c33-29(34)22-13-16-27-26(18-22)31-28(32(27)23-9-5-2-6-10-23)21-12-15-25-20(17-21)11-14-24(30-25)19-7-3-1-4-8-19/h1,3-4,7-8,12-13,15-18,23-24,30H,2,5-6,9-11,14H2,(H,33,34). The molecule has 0 radical (unpaired) electrons. The van der Waals surface area contributed by atoms with Gasteiger partial charge in [-0.3, -0.25) is 0 Å². The number of carboxylic acid groups (broad SMARTS) is 1. The van der Waals surface area contributed by atoms with E-state index < -0.39 is 5.97 Å². The average Bonchev–Trinajstić information content (AvgIpc) is 3.28. The van der Waals surface area contributed by atoms with Crippen molar-refractivity contribution in [3.63, 3.8) is 0 Å². The molecule has 0 saturated heterocycles. The zero-order chi connectivity index (χ0) is 23.1. The van der Waals surface area contributed by atoms with E-state index in [-0.39, 0.29) is 5.56 Å². The molecule has 2 N–H and O–H groups in total. The average molecular weight is 452 g/mol. The summed E-state index contributed by atoms with van der Waals surface area (Å²) in [5.41, 5.74) is 7.03. The Labute approximate surface area is 199 Å². The van der Waals surface area contributed by atoms with E-state index in [1.807, 2.05) is 6.07 Å². The largest absolute Gasteiger partial charge is 0.478 e. The van der Waals surface area contributed by atoms with E-state index in [0.29, 0.717) is 12.1 Å². The first-order valence-electron chi connectivity index (χ1n) is 12.4. The number of carbonyl (C=O) groups is 1. The molecule has 1 fully saturated rings. The lowest BCUT2D eigenvalue weighted by Gasteiger charge is -2.28. The van der Waals surface area contributed by atoms with Gasteiger partial charge in [0.1, 0.15) is 5.82 Å². The van der Waals surface area contributed by atoms with E-state index in [2.05, 4.69) is 58.4 Å². The number of rotatable bonds is 4. The highest BCUT2D eigenvalue weighted by molar-refractivity contribution is 5.93. The third kappa shape index (κ3) is 3.75. The summed E-state index contributed by atoms with van der Waals surface area (Å²) in [4.78, 5) is 16.5. The molecule has 1 unspecified atom stereocenters. The third-order valence-corrected chi connectivity index (χ3v) is 7.47. The maximum absolute atomic E-state index is 11.6. The Hall–Kier alpha value is -3.60. The van der Waals surface area contributed by atoms with Gasteiger partial charge in [-0.05, 0) is 73.2 Å². The van der Waals surface area contributed by atoms with E-state index in [1.165, 1.54) is 36.1 Å². The van der Waals surface area contributed by atoms with E-state index in [9.17, 15) is 9.90 Å². The molecular formula is C29H29N3O2. The number of imidazole rings is 1. The van der Waals surface area contributed by atoms with Crippen LogP contribution in [0.3, 0.4) is 0 Å². The van der Waals surface area contributed by atoms with Crippen LogP contribution in [0.25, 0.3) is 22.4 Å². The smallest absolute Gasteiger partial charge is 0.335 e. The van der Waals surface area contributed by atoms with Crippen LogP contribution in [0.5, 0.6) is 0 Å². The van der Waals surface area contributed by atoms with Crippen LogP contribution in [0.4, 0.5) is 5.69 Å². The minimum Gasteiger partial charge on any atom is -0.478 e. The number of benzene rings is 3. The predicted molar refractivity (Wildman–Crippen MR) is 135 cm³/mol. The Morgan fingerprint density at radius 3 is 2.56 bits per heavy atom. The molecule has 5 nitrogen and oxygen atoms in total. The van der Waals surface area contributed by atoms with Gasteiger partial charge < -0.3 is 15.0 Å². The van der Waals surface area contributed by atoms with Crippen molar-refractivity contribution in [2.45, 2.75) is 57.0 Å². The summed E-state index contributed by atoms with van der Waals surface area (Å²) in [5.74, 6) is 0.0425. The maximum Gasteiger partial charge on any atom is 0.335 e. The van der Waals surface area contributed by atoms with Gasteiger partial charge in [0, 0.05) is 17.3 Å². The molecule has 34 heavy (non-hydrogen) atoms. The summed E-state index contributed by atoms with van der Waals surface area (Å²) in [6.07, 6.45) is 8.10. The van der Waals surface area contributed by atoms with Crippen LogP contribution in [0.1, 0.15) is 72.1 Å². The first kappa shape index (κ1) is 21.0. The molecule has 0 bridgehead atoms. The monoisotopic (exact) mass is 451 g/mol. The quantitative estimate of drug-likeness (QED) is 0.350. The molecule has 2 heterocycles. The summed E-state index contributed by atoms with van der Waals surface area (Å²) < 4.78 is 2.38. The highest BCUT2D eigenvalue weighted by atomic mass is 16.4. The predicted octanol–water partition coefficient (Wildman–Crippen LogP) is 7.01. The summed E-state index contributed by atoms with van der Waals surface area (Å²) in [6, 6.07) is 23.4. The number of anilines is 1. The lowest BCUT2D eigenvalue weighted by atomic mass is 9.92. The van der Waals surface area contributed by atoms with Crippen LogP contribution in [0.15, 0.2) is 66.7 Å². The van der Waals surface area contributed by atoms with Crippen molar-refractivity contribution in [3.8, 4) is 11.4 Å². The summed E-state index contributed by atoms with van der Waals surface area (Å²) in [7, 11) is 0. The van der Waals surface area contributed by atoms with Gasteiger partial charge >= 0.3 is 5.97 Å². The zero-order valence-electron chi connectivity index (χ0n) is 19.2. The zero-order valence-corrected chi connectivity index (χ0v) is 19.2. The van der Waals surface area contributed by atoms with Gasteiger partial charge in [-0.25, -0.2) is 9.78 Å². The molecule has 5 heteroatoms. The van der Waals surface area contributed by atoms with Gasteiger partial charge in [-0.1, -0.05) is 49.6 Å². The molecule has 4 aromatic rings. The van der Waals surface area contributed by atoms with Crippen molar-refractivity contribution in [3.05, 3.63) is 83.4 Å². The van der Waals surface area contributed by atoms with E-state index >= 15 is 0 Å². The van der Waals surface area contributed by atoms with Crippen molar-refractivity contribution in [1.29, 1.82) is 0 Å². The molecule has 3 aromatic carbocycles. The number of aromatic nitrogens is 2. The lowest BCUT2D eigenvalue weighted by Crippen LogP contribution is -2.18. The number of fused-ring (bicyclic) bond motifs is 2. The number of aryl methyl sites for hydroxylation is 1. The lowest BCUT2D eigenvalue weighted by molar-refractivity contribution is 0.0697. The molecule has 172 valence electrons. The number of hydrogen-bond donors (Lipinski definition) is 2. The first-order valence-corrected chi connectivity index (χ1v) is 12.4. The SMILES string of the molecule is O=C(O)c1ccc2c(c1)nc(-c1ccc3c(c1)CCC(c1ccccc1)N3)n2C1CCCCC1. The van der Waals surface area contributed by atoms with Crippen LogP contribution >= 0.6 is 0 Å². The molecule has 2 aliphatic rings. The Bertz CT molecular complexity index is 1350.